The molecule has 0 radical (unpaired) electrons. The summed E-state index contributed by atoms with van der Waals surface area (Å²) >= 11 is 8.21. The highest BCUT2D eigenvalue weighted by Gasteiger charge is 2.63. The van der Waals surface area contributed by atoms with Crippen LogP contribution in [0.3, 0.4) is 0 Å². The molecule has 2 atom stereocenters. The van der Waals surface area contributed by atoms with E-state index < -0.39 is 61.5 Å². The van der Waals surface area contributed by atoms with Crippen molar-refractivity contribution in [1.82, 2.24) is 0 Å². The van der Waals surface area contributed by atoms with Crippen molar-refractivity contribution in [2.45, 2.75) is 171 Å². The maximum atomic E-state index is 13.5. The van der Waals surface area contributed by atoms with E-state index >= 15 is 0 Å². The number of hydrogen-bond acceptors (Lipinski definition) is 4. The van der Waals surface area contributed by atoms with Crippen molar-refractivity contribution in [3.63, 3.8) is 0 Å². The second kappa shape index (κ2) is 21.7. The smallest absolute Gasteiger partial charge is 0.355 e. The van der Waals surface area contributed by atoms with Crippen molar-refractivity contribution in [1.29, 1.82) is 0 Å². The Morgan fingerprint density at radius 1 is 0.444 bits per heavy atom. The Labute approximate surface area is 269 Å². The van der Waals surface area contributed by atoms with Gasteiger partial charge in [-0.3, -0.25) is 0 Å². The van der Waals surface area contributed by atoms with Gasteiger partial charge in [0.1, 0.15) is 0 Å². The molecule has 0 rings (SSSR count). The van der Waals surface area contributed by atoms with E-state index in [1.165, 1.54) is 0 Å². The molecule has 0 aliphatic heterocycles. The lowest BCUT2D eigenvalue weighted by Gasteiger charge is -2.42. The van der Waals surface area contributed by atoms with Gasteiger partial charge < -0.3 is 9.47 Å². The molecule has 0 spiro atoms. The Morgan fingerprint density at radius 3 is 1.09 bits per heavy atom. The van der Waals surface area contributed by atoms with Gasteiger partial charge in [-0.2, -0.15) is 77.9 Å². The minimum absolute atomic E-state index is 0.0856. The van der Waals surface area contributed by atoms with E-state index in [1.807, 2.05) is 0 Å². The molecule has 0 amide bonds. The monoisotopic (exact) mass is 720 g/mol. The summed E-state index contributed by atoms with van der Waals surface area (Å²) in [5.74, 6) is 1.44. The fourth-order valence-electron chi connectivity index (χ4n) is 5.06. The van der Waals surface area contributed by atoms with Crippen molar-refractivity contribution in [2.75, 3.05) is 11.5 Å². The molecule has 272 valence electrons. The fraction of sp³-hybridized carbons (Fsp3) is 1.00. The average Bonchev–Trinajstić information content (AvgIpc) is 2.88. The lowest BCUT2D eigenvalue weighted by Crippen LogP contribution is -2.57. The van der Waals surface area contributed by atoms with Crippen LogP contribution in [0.15, 0.2) is 0 Å². The van der Waals surface area contributed by atoms with Gasteiger partial charge in [-0.1, -0.05) is 89.9 Å². The second-order valence-corrected chi connectivity index (χ2v) is 12.5. The largest absolute Gasteiger partial charge is 0.423 e. The van der Waals surface area contributed by atoms with Gasteiger partial charge in [0.15, 0.2) is 0 Å². The van der Waals surface area contributed by atoms with Crippen molar-refractivity contribution in [3.8, 4) is 0 Å². The molecule has 0 saturated heterocycles. The van der Waals surface area contributed by atoms with E-state index in [0.29, 0.717) is 32.6 Å². The Kier molecular flexibility index (Phi) is 21.6. The third-order valence-corrected chi connectivity index (χ3v) is 8.15. The lowest BCUT2D eigenvalue weighted by atomic mass is 9.87. The van der Waals surface area contributed by atoms with Gasteiger partial charge in [-0.05, 0) is 44.1 Å². The summed E-state index contributed by atoms with van der Waals surface area (Å²) in [5, 5.41) is 0. The first-order chi connectivity index (χ1) is 20.7. The molecule has 2 nitrogen and oxygen atoms in total. The maximum absolute atomic E-state index is 13.5. The van der Waals surface area contributed by atoms with E-state index in [4.69, 9.17) is 0 Å². The molecular weight excluding hydrogens is 672 g/mol. The molecular formula is C29H48F12O2S2. The highest BCUT2D eigenvalue weighted by atomic mass is 32.1. The summed E-state index contributed by atoms with van der Waals surface area (Å²) in [4.78, 5) is 0. The first-order valence-electron chi connectivity index (χ1n) is 15.5. The SMILES string of the molecule is CC(CCCCCCCCCCS)(OC(C(F)(F)F)C(F)(F)F)C(CCCCCCCCCCS)OC(C(F)(F)F)C(F)(F)F. The Balaban J connectivity index is 6.03. The third kappa shape index (κ3) is 20.0. The second-order valence-electron chi connectivity index (χ2n) is 11.6. The number of thiol groups is 2. The molecule has 0 fully saturated rings. The first-order valence-corrected chi connectivity index (χ1v) is 16.8. The molecule has 0 saturated carbocycles. The quantitative estimate of drug-likeness (QED) is 0.0556. The van der Waals surface area contributed by atoms with Gasteiger partial charge in [0.05, 0.1) is 11.7 Å². The summed E-state index contributed by atoms with van der Waals surface area (Å²) in [6.07, 6.45) is -26.8. The molecule has 0 aromatic rings. The zero-order chi connectivity index (χ0) is 34.8. The Bertz CT molecular complexity index is 717. The topological polar surface area (TPSA) is 18.5 Å². The number of hydrogen-bond donors (Lipinski definition) is 2. The van der Waals surface area contributed by atoms with Gasteiger partial charge >= 0.3 is 24.7 Å². The molecule has 0 N–H and O–H groups in total. The molecule has 0 heterocycles. The zero-order valence-corrected chi connectivity index (χ0v) is 27.4. The molecule has 0 aromatic heterocycles. The predicted octanol–water partition coefficient (Wildman–Crippen LogP) is 12.0. The van der Waals surface area contributed by atoms with Crippen molar-refractivity contribution >= 4 is 25.3 Å². The normalized spacial score (nSPS) is 15.7. The van der Waals surface area contributed by atoms with Gasteiger partial charge in [0.2, 0.25) is 12.2 Å². The molecule has 0 aliphatic carbocycles. The van der Waals surface area contributed by atoms with Gasteiger partial charge in [-0.25, -0.2) is 0 Å². The maximum Gasteiger partial charge on any atom is 0.423 e. The number of unbranched alkanes of at least 4 members (excludes halogenated alkanes) is 14. The average molecular weight is 721 g/mol. The lowest BCUT2D eigenvalue weighted by molar-refractivity contribution is -0.373. The molecule has 2 unspecified atom stereocenters. The summed E-state index contributed by atoms with van der Waals surface area (Å²) in [7, 11) is 0. The van der Waals surface area contributed by atoms with Crippen LogP contribution in [0, 0.1) is 0 Å². The Hall–Kier alpha value is -0.220. The minimum atomic E-state index is -6.03. The number of halogens is 12. The van der Waals surface area contributed by atoms with Crippen LogP contribution in [0.25, 0.3) is 0 Å². The zero-order valence-electron chi connectivity index (χ0n) is 25.6. The van der Waals surface area contributed by atoms with Crippen LogP contribution in [0.2, 0.25) is 0 Å². The number of alkyl halides is 12. The van der Waals surface area contributed by atoms with Gasteiger partial charge in [-0.15, -0.1) is 0 Å². The highest BCUT2D eigenvalue weighted by molar-refractivity contribution is 7.80. The van der Waals surface area contributed by atoms with E-state index in [1.54, 1.807) is 0 Å². The highest BCUT2D eigenvalue weighted by Crippen LogP contribution is 2.44. The van der Waals surface area contributed by atoms with Crippen LogP contribution in [0.5, 0.6) is 0 Å². The van der Waals surface area contributed by atoms with Gasteiger partial charge in [0.25, 0.3) is 0 Å². The van der Waals surface area contributed by atoms with Crippen molar-refractivity contribution < 1.29 is 62.2 Å². The van der Waals surface area contributed by atoms with Crippen LogP contribution >= 0.6 is 25.3 Å². The molecule has 0 bridgehead atoms. The van der Waals surface area contributed by atoms with E-state index in [-0.39, 0.29) is 25.7 Å². The standard InChI is InChI=1S/C29H48F12O2S2/c1-25(43-24(28(36,37)38)29(39,40)41,19-15-11-7-3-5-9-13-17-21-45)22(42-23(26(30,31)32)27(33,34)35)18-14-10-6-2-4-8-12-16-20-44/h22-24,44-45H,2-21H2,1H3. The summed E-state index contributed by atoms with van der Waals surface area (Å²) in [6.45, 7) is 0.685. The number of ether oxygens (including phenoxy) is 2. The summed E-state index contributed by atoms with van der Waals surface area (Å²) in [6, 6.07) is 0. The fourth-order valence-corrected chi connectivity index (χ4v) is 5.50. The van der Waals surface area contributed by atoms with Crippen LogP contribution in [-0.4, -0.2) is 60.1 Å². The van der Waals surface area contributed by atoms with Crippen molar-refractivity contribution in [3.05, 3.63) is 0 Å². The molecule has 0 aromatic carbocycles. The number of rotatable bonds is 25. The van der Waals surface area contributed by atoms with Gasteiger partial charge in [0, 0.05) is 0 Å². The van der Waals surface area contributed by atoms with E-state index in [2.05, 4.69) is 34.7 Å². The van der Waals surface area contributed by atoms with E-state index in [0.717, 1.165) is 62.9 Å². The van der Waals surface area contributed by atoms with Crippen LogP contribution in [0.4, 0.5) is 52.7 Å². The first kappa shape index (κ1) is 44.8. The van der Waals surface area contributed by atoms with Crippen LogP contribution < -0.4 is 0 Å². The van der Waals surface area contributed by atoms with E-state index in [9.17, 15) is 52.7 Å². The van der Waals surface area contributed by atoms with Crippen LogP contribution in [-0.2, 0) is 9.47 Å². The minimum Gasteiger partial charge on any atom is -0.355 e. The predicted molar refractivity (Wildman–Crippen MR) is 157 cm³/mol. The summed E-state index contributed by atoms with van der Waals surface area (Å²) in [5.41, 5.74) is -2.77. The Morgan fingerprint density at radius 2 is 0.756 bits per heavy atom. The molecule has 45 heavy (non-hydrogen) atoms. The molecule has 16 heteroatoms. The summed E-state index contributed by atoms with van der Waals surface area (Å²) < 4.78 is 171. The molecule has 0 aliphatic rings. The van der Waals surface area contributed by atoms with Crippen molar-refractivity contribution in [2.24, 2.45) is 0 Å². The van der Waals surface area contributed by atoms with Crippen LogP contribution in [0.1, 0.15) is 122 Å². The third-order valence-electron chi connectivity index (χ3n) is 7.51.